The van der Waals surface area contributed by atoms with Crippen molar-refractivity contribution in [2.45, 2.75) is 6.92 Å². The van der Waals surface area contributed by atoms with Crippen LogP contribution in [0.3, 0.4) is 0 Å². The largest absolute Gasteiger partial charge is 0.465 e. The third-order valence-electron chi connectivity index (χ3n) is 4.24. The molecule has 3 aromatic carbocycles. The molecule has 1 heterocycles. The lowest BCUT2D eigenvalue weighted by molar-refractivity contribution is 0.102. The Morgan fingerprint density at radius 3 is 2.67 bits per heavy atom. The van der Waals surface area contributed by atoms with Crippen molar-refractivity contribution < 1.29 is 14.7 Å². The maximum Gasteiger partial charge on any atom is 0.410 e. The lowest BCUT2D eigenvalue weighted by atomic mass is 10.0. The summed E-state index contributed by atoms with van der Waals surface area (Å²) in [6, 6.07) is 17.0. The van der Waals surface area contributed by atoms with Crippen LogP contribution in [0.5, 0.6) is 0 Å². The SMILES string of the molecule is Cc1ccc2ccccc2c1NC(=O)c1ccc2nc(NC(=O)O)sc2c1. The van der Waals surface area contributed by atoms with Gasteiger partial charge in [-0.3, -0.25) is 10.1 Å². The van der Waals surface area contributed by atoms with Crippen molar-refractivity contribution >= 4 is 55.1 Å². The monoisotopic (exact) mass is 377 g/mol. The lowest BCUT2D eigenvalue weighted by Crippen LogP contribution is -2.13. The third-order valence-corrected chi connectivity index (χ3v) is 5.17. The minimum atomic E-state index is -1.17. The quantitative estimate of drug-likeness (QED) is 0.463. The molecular formula is C20H15N3O3S. The fourth-order valence-electron chi connectivity index (χ4n) is 2.94. The van der Waals surface area contributed by atoms with Gasteiger partial charge in [-0.25, -0.2) is 9.78 Å². The first-order valence-electron chi connectivity index (χ1n) is 8.21. The molecule has 0 saturated carbocycles. The summed E-state index contributed by atoms with van der Waals surface area (Å²) in [5, 5.41) is 16.4. The van der Waals surface area contributed by atoms with E-state index in [9.17, 15) is 9.59 Å². The second kappa shape index (κ2) is 6.69. The van der Waals surface area contributed by atoms with Crippen LogP contribution in [-0.4, -0.2) is 22.1 Å². The number of carboxylic acid groups (broad SMARTS) is 1. The third kappa shape index (κ3) is 3.32. The number of benzene rings is 3. The molecule has 4 rings (SSSR count). The van der Waals surface area contributed by atoms with Gasteiger partial charge in [0.25, 0.3) is 5.91 Å². The average Bonchev–Trinajstić information content (AvgIpc) is 3.04. The van der Waals surface area contributed by atoms with Gasteiger partial charge in [-0.05, 0) is 36.1 Å². The molecule has 0 saturated heterocycles. The minimum absolute atomic E-state index is 0.225. The molecule has 0 aliphatic carbocycles. The number of nitrogens with zero attached hydrogens (tertiary/aromatic N) is 1. The molecule has 0 fully saturated rings. The summed E-state index contributed by atoms with van der Waals surface area (Å²) in [5.41, 5.74) is 2.89. The van der Waals surface area contributed by atoms with Gasteiger partial charge in [-0.1, -0.05) is 47.7 Å². The van der Waals surface area contributed by atoms with E-state index in [1.165, 1.54) is 11.3 Å². The number of anilines is 2. The highest BCUT2D eigenvalue weighted by atomic mass is 32.1. The molecule has 27 heavy (non-hydrogen) atoms. The second-order valence-electron chi connectivity index (χ2n) is 6.06. The molecule has 6 nitrogen and oxygen atoms in total. The molecule has 2 amide bonds. The highest BCUT2D eigenvalue weighted by Crippen LogP contribution is 2.29. The van der Waals surface area contributed by atoms with Gasteiger partial charge in [-0.2, -0.15) is 0 Å². The van der Waals surface area contributed by atoms with Gasteiger partial charge in [0.1, 0.15) is 0 Å². The first-order chi connectivity index (χ1) is 13.0. The van der Waals surface area contributed by atoms with E-state index in [-0.39, 0.29) is 11.0 Å². The predicted molar refractivity (Wildman–Crippen MR) is 108 cm³/mol. The molecule has 0 atom stereocenters. The molecule has 0 aliphatic heterocycles. The first kappa shape index (κ1) is 17.0. The number of hydrogen-bond donors (Lipinski definition) is 3. The first-order valence-corrected chi connectivity index (χ1v) is 9.03. The Balaban J connectivity index is 1.67. The molecule has 134 valence electrons. The number of fused-ring (bicyclic) bond motifs is 2. The van der Waals surface area contributed by atoms with Crippen LogP contribution in [0.4, 0.5) is 15.6 Å². The molecule has 0 bridgehead atoms. The van der Waals surface area contributed by atoms with Crippen molar-refractivity contribution in [3.63, 3.8) is 0 Å². The zero-order valence-electron chi connectivity index (χ0n) is 14.3. The molecular weight excluding hydrogens is 362 g/mol. The van der Waals surface area contributed by atoms with Crippen LogP contribution in [0.1, 0.15) is 15.9 Å². The zero-order valence-corrected chi connectivity index (χ0v) is 15.1. The topological polar surface area (TPSA) is 91.3 Å². The summed E-state index contributed by atoms with van der Waals surface area (Å²) in [6.45, 7) is 1.96. The molecule has 0 aliphatic rings. The minimum Gasteiger partial charge on any atom is -0.465 e. The van der Waals surface area contributed by atoms with E-state index in [4.69, 9.17) is 5.11 Å². The number of aryl methyl sites for hydroxylation is 1. The average molecular weight is 377 g/mol. The van der Waals surface area contributed by atoms with Crippen LogP contribution in [0, 0.1) is 6.92 Å². The summed E-state index contributed by atoms with van der Waals surface area (Å²) >= 11 is 1.19. The molecule has 1 aromatic heterocycles. The molecule has 4 aromatic rings. The Labute approximate surface area is 158 Å². The van der Waals surface area contributed by atoms with E-state index < -0.39 is 6.09 Å². The standard InChI is InChI=1S/C20H15N3O3S/c1-11-6-7-12-4-2-3-5-14(12)17(11)22-18(24)13-8-9-15-16(10-13)27-19(21-15)23-20(25)26/h2-10H,1H3,(H,21,23)(H,22,24)(H,25,26). The van der Waals surface area contributed by atoms with Gasteiger partial charge < -0.3 is 10.4 Å². The van der Waals surface area contributed by atoms with Crippen molar-refractivity contribution in [3.8, 4) is 0 Å². The van der Waals surface area contributed by atoms with Crippen LogP contribution in [0.2, 0.25) is 0 Å². The Morgan fingerprint density at radius 2 is 1.85 bits per heavy atom. The zero-order chi connectivity index (χ0) is 19.0. The molecule has 7 heteroatoms. The van der Waals surface area contributed by atoms with Crippen molar-refractivity contribution in [1.29, 1.82) is 0 Å². The lowest BCUT2D eigenvalue weighted by Gasteiger charge is -2.12. The Kier molecular flexibility index (Phi) is 4.21. The van der Waals surface area contributed by atoms with Gasteiger partial charge in [0.2, 0.25) is 0 Å². The highest BCUT2D eigenvalue weighted by Gasteiger charge is 2.13. The van der Waals surface area contributed by atoms with E-state index in [1.807, 2.05) is 43.3 Å². The maximum atomic E-state index is 12.8. The molecule has 0 spiro atoms. The summed E-state index contributed by atoms with van der Waals surface area (Å²) in [4.78, 5) is 27.7. The molecule has 3 N–H and O–H groups in total. The van der Waals surface area contributed by atoms with E-state index in [2.05, 4.69) is 15.6 Å². The van der Waals surface area contributed by atoms with Crippen LogP contribution >= 0.6 is 11.3 Å². The number of rotatable bonds is 3. The summed E-state index contributed by atoms with van der Waals surface area (Å²) in [5.74, 6) is -0.225. The molecule has 0 unspecified atom stereocenters. The van der Waals surface area contributed by atoms with Crippen molar-refractivity contribution in [3.05, 3.63) is 65.7 Å². The van der Waals surface area contributed by atoms with E-state index in [1.54, 1.807) is 18.2 Å². The smallest absolute Gasteiger partial charge is 0.410 e. The summed E-state index contributed by atoms with van der Waals surface area (Å²) in [7, 11) is 0. The normalized spacial score (nSPS) is 10.9. The Hall–Kier alpha value is -3.45. The fourth-order valence-corrected chi connectivity index (χ4v) is 3.84. The van der Waals surface area contributed by atoms with Gasteiger partial charge in [0, 0.05) is 10.9 Å². The van der Waals surface area contributed by atoms with Crippen LogP contribution in [0.25, 0.3) is 21.0 Å². The van der Waals surface area contributed by atoms with Gasteiger partial charge in [0.05, 0.1) is 15.9 Å². The number of thiazole rings is 1. The Bertz CT molecular complexity index is 1200. The fraction of sp³-hybridized carbons (Fsp3) is 0.0500. The molecule has 0 radical (unpaired) electrons. The number of carbonyl (C=O) groups excluding carboxylic acids is 1. The van der Waals surface area contributed by atoms with Crippen LogP contribution in [0.15, 0.2) is 54.6 Å². The van der Waals surface area contributed by atoms with Crippen LogP contribution < -0.4 is 10.6 Å². The second-order valence-corrected chi connectivity index (χ2v) is 7.10. The van der Waals surface area contributed by atoms with Crippen LogP contribution in [-0.2, 0) is 0 Å². The predicted octanol–water partition coefficient (Wildman–Crippen LogP) is 5.10. The summed E-state index contributed by atoms with van der Waals surface area (Å²) < 4.78 is 0.737. The van der Waals surface area contributed by atoms with E-state index in [0.717, 1.165) is 26.7 Å². The Morgan fingerprint density at radius 1 is 1.04 bits per heavy atom. The number of carbonyl (C=O) groups is 2. The van der Waals surface area contributed by atoms with Gasteiger partial charge >= 0.3 is 6.09 Å². The van der Waals surface area contributed by atoms with Crippen molar-refractivity contribution in [2.75, 3.05) is 10.6 Å². The maximum absolute atomic E-state index is 12.8. The number of amides is 2. The van der Waals surface area contributed by atoms with E-state index >= 15 is 0 Å². The van der Waals surface area contributed by atoms with Crippen molar-refractivity contribution in [1.82, 2.24) is 4.98 Å². The van der Waals surface area contributed by atoms with Gasteiger partial charge in [0.15, 0.2) is 5.13 Å². The number of aromatic nitrogens is 1. The van der Waals surface area contributed by atoms with E-state index in [0.29, 0.717) is 11.1 Å². The van der Waals surface area contributed by atoms with Gasteiger partial charge in [-0.15, -0.1) is 0 Å². The number of nitrogens with one attached hydrogen (secondary N) is 2. The number of hydrogen-bond acceptors (Lipinski definition) is 4. The highest BCUT2D eigenvalue weighted by molar-refractivity contribution is 7.22. The van der Waals surface area contributed by atoms with Crippen molar-refractivity contribution in [2.24, 2.45) is 0 Å². The summed E-state index contributed by atoms with van der Waals surface area (Å²) in [6.07, 6.45) is -1.17.